The zero-order chi connectivity index (χ0) is 17.2. The maximum absolute atomic E-state index is 12.1. The third kappa shape index (κ3) is 6.05. The van der Waals surface area contributed by atoms with E-state index in [1.807, 2.05) is 30.3 Å². The molecule has 0 aliphatic carbocycles. The normalized spacial score (nSPS) is 15.5. The zero-order valence-electron chi connectivity index (χ0n) is 14.0. The van der Waals surface area contributed by atoms with Gasteiger partial charge in [0.05, 0.1) is 13.0 Å². The van der Waals surface area contributed by atoms with Gasteiger partial charge in [-0.1, -0.05) is 36.3 Å². The average Bonchev–Trinajstić information content (AvgIpc) is 2.60. The van der Waals surface area contributed by atoms with Crippen LogP contribution in [0.2, 0.25) is 0 Å². The van der Waals surface area contributed by atoms with E-state index >= 15 is 0 Å². The molecule has 2 N–H and O–H groups in total. The number of hydrogen-bond donors (Lipinski definition) is 2. The molecule has 128 valence electrons. The minimum atomic E-state index is -0.0296. The summed E-state index contributed by atoms with van der Waals surface area (Å²) in [4.78, 5) is 26.1. The van der Waals surface area contributed by atoms with Gasteiger partial charge in [-0.15, -0.1) is 6.42 Å². The van der Waals surface area contributed by atoms with Crippen LogP contribution in [0.25, 0.3) is 0 Å². The molecule has 1 saturated heterocycles. The van der Waals surface area contributed by atoms with Crippen LogP contribution in [0.3, 0.4) is 0 Å². The number of amides is 2. The first-order chi connectivity index (χ1) is 11.7. The molecule has 1 heterocycles. The lowest BCUT2D eigenvalue weighted by atomic mass is 9.96. The Morgan fingerprint density at radius 2 is 1.79 bits per heavy atom. The number of benzene rings is 1. The van der Waals surface area contributed by atoms with E-state index < -0.39 is 0 Å². The summed E-state index contributed by atoms with van der Waals surface area (Å²) in [5.74, 6) is 2.74. The monoisotopic (exact) mass is 327 g/mol. The van der Waals surface area contributed by atoms with Crippen LogP contribution in [-0.4, -0.2) is 49.4 Å². The van der Waals surface area contributed by atoms with Gasteiger partial charge in [0.15, 0.2) is 0 Å². The smallest absolute Gasteiger partial charge is 0.224 e. The fourth-order valence-corrected chi connectivity index (χ4v) is 2.86. The molecule has 1 fully saturated rings. The van der Waals surface area contributed by atoms with Crippen molar-refractivity contribution in [3.05, 3.63) is 35.9 Å². The number of hydrogen-bond acceptors (Lipinski definition) is 3. The molecule has 0 saturated carbocycles. The summed E-state index contributed by atoms with van der Waals surface area (Å²) in [6.45, 7) is 3.31. The highest BCUT2D eigenvalue weighted by Gasteiger charge is 2.24. The van der Waals surface area contributed by atoms with Gasteiger partial charge in [-0.2, -0.15) is 0 Å². The molecule has 5 nitrogen and oxygen atoms in total. The van der Waals surface area contributed by atoms with Crippen LogP contribution in [-0.2, 0) is 16.0 Å². The number of carbonyl (C=O) groups is 2. The number of terminal acetylenes is 1. The van der Waals surface area contributed by atoms with E-state index in [1.165, 1.54) is 0 Å². The van der Waals surface area contributed by atoms with E-state index in [4.69, 9.17) is 6.42 Å². The molecular weight excluding hydrogens is 302 g/mol. The van der Waals surface area contributed by atoms with Crippen molar-refractivity contribution in [1.29, 1.82) is 0 Å². The minimum absolute atomic E-state index is 0.0296. The predicted octanol–water partition coefficient (Wildman–Crippen LogP) is 0.807. The Labute approximate surface area is 143 Å². The van der Waals surface area contributed by atoms with Crippen molar-refractivity contribution in [3.8, 4) is 12.3 Å². The Morgan fingerprint density at radius 3 is 2.46 bits per heavy atom. The Bertz CT molecular complexity index is 572. The van der Waals surface area contributed by atoms with E-state index in [2.05, 4.69) is 21.5 Å². The van der Waals surface area contributed by atoms with Crippen LogP contribution in [0, 0.1) is 18.3 Å². The van der Waals surface area contributed by atoms with Gasteiger partial charge in [0.2, 0.25) is 11.8 Å². The maximum Gasteiger partial charge on any atom is 0.224 e. The van der Waals surface area contributed by atoms with Crippen LogP contribution >= 0.6 is 0 Å². The molecule has 1 aromatic rings. The molecule has 0 radical (unpaired) electrons. The summed E-state index contributed by atoms with van der Waals surface area (Å²) in [7, 11) is 0. The zero-order valence-corrected chi connectivity index (χ0v) is 14.0. The number of piperidine rings is 1. The summed E-state index contributed by atoms with van der Waals surface area (Å²) < 4.78 is 0. The molecule has 0 spiro atoms. The average molecular weight is 327 g/mol. The summed E-state index contributed by atoms with van der Waals surface area (Å²) in [5.41, 5.74) is 0.984. The number of likely N-dealkylation sites (tertiary alicyclic amines) is 1. The van der Waals surface area contributed by atoms with Crippen LogP contribution in [0.4, 0.5) is 0 Å². The van der Waals surface area contributed by atoms with Crippen molar-refractivity contribution in [2.45, 2.75) is 19.3 Å². The first-order valence-corrected chi connectivity index (χ1v) is 8.43. The minimum Gasteiger partial charge on any atom is -0.354 e. The molecule has 2 amide bonds. The van der Waals surface area contributed by atoms with Crippen LogP contribution in [0.5, 0.6) is 0 Å². The molecule has 0 unspecified atom stereocenters. The van der Waals surface area contributed by atoms with Gasteiger partial charge in [0, 0.05) is 19.0 Å². The lowest BCUT2D eigenvalue weighted by molar-refractivity contribution is -0.126. The number of nitrogens with one attached hydrogen (secondary N) is 2. The van der Waals surface area contributed by atoms with Gasteiger partial charge in [0.1, 0.15) is 0 Å². The van der Waals surface area contributed by atoms with Crippen molar-refractivity contribution in [1.82, 2.24) is 15.5 Å². The van der Waals surface area contributed by atoms with Crippen LogP contribution in [0.1, 0.15) is 18.4 Å². The lowest BCUT2D eigenvalue weighted by Gasteiger charge is -2.29. The Hall–Kier alpha value is -2.32. The van der Waals surface area contributed by atoms with Crippen LogP contribution < -0.4 is 10.6 Å². The van der Waals surface area contributed by atoms with Gasteiger partial charge in [-0.05, 0) is 31.5 Å². The highest BCUT2D eigenvalue weighted by molar-refractivity contribution is 5.79. The molecule has 1 aliphatic rings. The van der Waals surface area contributed by atoms with Crippen molar-refractivity contribution in [2.75, 3.05) is 32.7 Å². The second kappa shape index (κ2) is 9.74. The largest absolute Gasteiger partial charge is 0.354 e. The summed E-state index contributed by atoms with van der Waals surface area (Å²) >= 11 is 0. The molecule has 1 aromatic carbocycles. The summed E-state index contributed by atoms with van der Waals surface area (Å²) in [6, 6.07) is 9.60. The maximum atomic E-state index is 12.1. The molecular formula is C19H25N3O2. The lowest BCUT2D eigenvalue weighted by Crippen LogP contribution is -2.42. The van der Waals surface area contributed by atoms with Crippen molar-refractivity contribution in [3.63, 3.8) is 0 Å². The third-order valence-electron chi connectivity index (χ3n) is 4.23. The number of rotatable bonds is 7. The molecule has 24 heavy (non-hydrogen) atoms. The highest BCUT2D eigenvalue weighted by Crippen LogP contribution is 2.16. The first-order valence-electron chi connectivity index (χ1n) is 8.43. The van der Waals surface area contributed by atoms with E-state index in [1.54, 1.807) is 0 Å². The Balaban J connectivity index is 1.58. The summed E-state index contributed by atoms with van der Waals surface area (Å²) in [6.07, 6.45) is 7.35. The Kier molecular flexibility index (Phi) is 7.31. The van der Waals surface area contributed by atoms with E-state index in [0.717, 1.165) is 31.5 Å². The van der Waals surface area contributed by atoms with Gasteiger partial charge in [-0.25, -0.2) is 0 Å². The highest BCUT2D eigenvalue weighted by atomic mass is 16.2. The first kappa shape index (κ1) is 18.0. The fraction of sp³-hybridized carbons (Fsp3) is 0.474. The molecule has 0 bridgehead atoms. The fourth-order valence-electron chi connectivity index (χ4n) is 2.86. The van der Waals surface area contributed by atoms with Crippen molar-refractivity contribution in [2.24, 2.45) is 5.92 Å². The number of carbonyl (C=O) groups excluding carboxylic acids is 2. The molecule has 2 rings (SSSR count). The van der Waals surface area contributed by atoms with E-state index in [0.29, 0.717) is 26.1 Å². The Morgan fingerprint density at radius 1 is 1.12 bits per heavy atom. The standard InChI is InChI=1S/C19H25N3O2/c1-2-12-22-13-8-17(9-14-22)19(24)21-11-10-20-18(23)15-16-6-4-3-5-7-16/h1,3-7,17H,8-15H2,(H,20,23)(H,21,24). The topological polar surface area (TPSA) is 61.4 Å². The molecule has 0 atom stereocenters. The molecule has 5 heteroatoms. The van der Waals surface area contributed by atoms with Crippen LogP contribution in [0.15, 0.2) is 30.3 Å². The van der Waals surface area contributed by atoms with E-state index in [9.17, 15) is 9.59 Å². The molecule has 0 aromatic heterocycles. The third-order valence-corrected chi connectivity index (χ3v) is 4.23. The second-order valence-electron chi connectivity index (χ2n) is 6.06. The number of nitrogens with zero attached hydrogens (tertiary/aromatic N) is 1. The quantitative estimate of drug-likeness (QED) is 0.575. The van der Waals surface area contributed by atoms with Crippen molar-refractivity contribution >= 4 is 11.8 Å². The van der Waals surface area contributed by atoms with Crippen molar-refractivity contribution < 1.29 is 9.59 Å². The van der Waals surface area contributed by atoms with Gasteiger partial charge >= 0.3 is 0 Å². The predicted molar refractivity (Wildman–Crippen MR) is 94.2 cm³/mol. The van der Waals surface area contributed by atoms with Gasteiger partial charge in [-0.3, -0.25) is 14.5 Å². The van der Waals surface area contributed by atoms with E-state index in [-0.39, 0.29) is 17.7 Å². The molecule has 1 aliphatic heterocycles. The van der Waals surface area contributed by atoms with Gasteiger partial charge in [0.25, 0.3) is 0 Å². The SMILES string of the molecule is C#CCN1CCC(C(=O)NCCNC(=O)Cc2ccccc2)CC1. The van der Waals surface area contributed by atoms with Gasteiger partial charge < -0.3 is 10.6 Å². The second-order valence-corrected chi connectivity index (χ2v) is 6.06. The summed E-state index contributed by atoms with van der Waals surface area (Å²) in [5, 5.41) is 5.74.